The van der Waals surface area contributed by atoms with Gasteiger partial charge in [-0.3, -0.25) is 0 Å². The fraction of sp³-hybridized carbons (Fsp3) is 0.0667. The summed E-state index contributed by atoms with van der Waals surface area (Å²) < 4.78 is 0. The first kappa shape index (κ1) is 13.2. The van der Waals surface area contributed by atoms with Gasteiger partial charge in [-0.15, -0.1) is 0 Å². The number of rotatable bonds is 3. The van der Waals surface area contributed by atoms with Crippen molar-refractivity contribution >= 4 is 12.2 Å². The molecule has 0 spiro atoms. The fourth-order valence-electron chi connectivity index (χ4n) is 1.16. The van der Waals surface area contributed by atoms with E-state index < -0.39 is 0 Å². The van der Waals surface area contributed by atoms with Gasteiger partial charge >= 0.3 is 0 Å². The van der Waals surface area contributed by atoms with Gasteiger partial charge in [0.15, 0.2) is 0 Å². The topological polar surface area (TPSA) is 0 Å². The predicted octanol–water partition coefficient (Wildman–Crippen LogP) is 4.64. The Kier molecular flexibility index (Phi) is 6.65. The SMILES string of the molecule is C=CC=C.C=Cc1cccc(C)c1C=C. The first-order valence-electron chi connectivity index (χ1n) is 4.79. The number of hydrogen-bond acceptors (Lipinski definition) is 0. The highest BCUT2D eigenvalue weighted by Gasteiger charge is 1.96. The maximum absolute atomic E-state index is 3.75. The Morgan fingerprint density at radius 1 is 0.933 bits per heavy atom. The highest BCUT2D eigenvalue weighted by molar-refractivity contribution is 5.65. The van der Waals surface area contributed by atoms with Crippen LogP contribution >= 0.6 is 0 Å². The van der Waals surface area contributed by atoms with Gasteiger partial charge in [0.2, 0.25) is 0 Å². The zero-order valence-corrected chi connectivity index (χ0v) is 9.37. The molecule has 0 heteroatoms. The molecule has 0 saturated heterocycles. The zero-order chi connectivity index (χ0) is 11.7. The quantitative estimate of drug-likeness (QED) is 0.621. The Labute approximate surface area is 93.0 Å². The molecule has 15 heavy (non-hydrogen) atoms. The molecule has 0 N–H and O–H groups in total. The van der Waals surface area contributed by atoms with Crippen molar-refractivity contribution in [3.05, 3.63) is 73.4 Å². The molecule has 0 aromatic heterocycles. The minimum absolute atomic E-state index is 1.15. The van der Waals surface area contributed by atoms with E-state index in [-0.39, 0.29) is 0 Å². The van der Waals surface area contributed by atoms with E-state index in [4.69, 9.17) is 0 Å². The molecule has 0 aliphatic heterocycles. The Bertz CT molecular complexity index is 350. The number of hydrogen-bond donors (Lipinski definition) is 0. The van der Waals surface area contributed by atoms with E-state index in [0.29, 0.717) is 0 Å². The molecule has 0 fully saturated rings. The van der Waals surface area contributed by atoms with E-state index in [1.54, 1.807) is 12.2 Å². The molecule has 78 valence electrons. The molecule has 0 unspecified atom stereocenters. The molecular weight excluding hydrogens is 180 g/mol. The van der Waals surface area contributed by atoms with E-state index in [9.17, 15) is 0 Å². The van der Waals surface area contributed by atoms with Gasteiger partial charge in [-0.05, 0) is 23.6 Å². The molecule has 0 atom stereocenters. The van der Waals surface area contributed by atoms with Gasteiger partial charge in [0.05, 0.1) is 0 Å². The lowest BCUT2D eigenvalue weighted by Gasteiger charge is -2.03. The second-order valence-corrected chi connectivity index (χ2v) is 2.96. The second kappa shape index (κ2) is 7.57. The van der Waals surface area contributed by atoms with Crippen LogP contribution < -0.4 is 0 Å². The molecular formula is C15H18. The molecule has 0 bridgehead atoms. The van der Waals surface area contributed by atoms with Crippen LogP contribution in [0.15, 0.2) is 56.7 Å². The van der Waals surface area contributed by atoms with Crippen LogP contribution in [0.4, 0.5) is 0 Å². The highest BCUT2D eigenvalue weighted by Crippen LogP contribution is 2.15. The third kappa shape index (κ3) is 4.28. The van der Waals surface area contributed by atoms with Gasteiger partial charge < -0.3 is 0 Å². The molecule has 0 radical (unpaired) electrons. The van der Waals surface area contributed by atoms with Crippen molar-refractivity contribution in [3.63, 3.8) is 0 Å². The van der Waals surface area contributed by atoms with Crippen molar-refractivity contribution in [2.75, 3.05) is 0 Å². The summed E-state index contributed by atoms with van der Waals surface area (Å²) >= 11 is 0. The Morgan fingerprint density at radius 2 is 1.53 bits per heavy atom. The summed E-state index contributed by atoms with van der Waals surface area (Å²) in [6.07, 6.45) is 7.00. The van der Waals surface area contributed by atoms with Crippen molar-refractivity contribution in [1.82, 2.24) is 0 Å². The van der Waals surface area contributed by atoms with Gasteiger partial charge in [-0.1, -0.05) is 68.8 Å². The van der Waals surface area contributed by atoms with E-state index in [1.807, 2.05) is 24.3 Å². The van der Waals surface area contributed by atoms with Crippen molar-refractivity contribution < 1.29 is 0 Å². The average molecular weight is 198 g/mol. The first-order chi connectivity index (χ1) is 7.21. The largest absolute Gasteiger partial charge is 0.0991 e. The van der Waals surface area contributed by atoms with Crippen LogP contribution in [-0.4, -0.2) is 0 Å². The van der Waals surface area contributed by atoms with Crippen molar-refractivity contribution in [3.8, 4) is 0 Å². The minimum Gasteiger partial charge on any atom is -0.0991 e. The smallest absolute Gasteiger partial charge is 0.0161 e. The van der Waals surface area contributed by atoms with Gasteiger partial charge in [0.25, 0.3) is 0 Å². The summed E-state index contributed by atoms with van der Waals surface area (Å²) in [5, 5.41) is 0. The van der Waals surface area contributed by atoms with Crippen molar-refractivity contribution in [2.45, 2.75) is 6.92 Å². The van der Waals surface area contributed by atoms with Crippen LogP contribution in [0.25, 0.3) is 12.2 Å². The number of allylic oxidation sites excluding steroid dienone is 2. The van der Waals surface area contributed by atoms with E-state index in [1.165, 1.54) is 11.1 Å². The lowest BCUT2D eigenvalue weighted by molar-refractivity contribution is 1.43. The van der Waals surface area contributed by atoms with Crippen LogP contribution in [0.1, 0.15) is 16.7 Å². The third-order valence-corrected chi connectivity index (χ3v) is 1.95. The zero-order valence-electron chi connectivity index (χ0n) is 9.37. The molecule has 0 aliphatic carbocycles. The maximum atomic E-state index is 3.75. The van der Waals surface area contributed by atoms with Crippen molar-refractivity contribution in [2.24, 2.45) is 0 Å². The van der Waals surface area contributed by atoms with Gasteiger partial charge in [0, 0.05) is 0 Å². The van der Waals surface area contributed by atoms with Crippen molar-refractivity contribution in [1.29, 1.82) is 0 Å². The number of benzene rings is 1. The molecule has 1 rings (SSSR count). The minimum atomic E-state index is 1.15. The van der Waals surface area contributed by atoms with Gasteiger partial charge in [-0.2, -0.15) is 0 Å². The highest BCUT2D eigenvalue weighted by atomic mass is 14.0. The van der Waals surface area contributed by atoms with E-state index >= 15 is 0 Å². The Balaban J connectivity index is 0.000000423. The van der Waals surface area contributed by atoms with Gasteiger partial charge in [-0.25, -0.2) is 0 Å². The summed E-state index contributed by atoms with van der Waals surface area (Å²) in [7, 11) is 0. The fourth-order valence-corrected chi connectivity index (χ4v) is 1.16. The number of aryl methyl sites for hydroxylation is 1. The van der Waals surface area contributed by atoms with E-state index in [0.717, 1.165) is 5.56 Å². The van der Waals surface area contributed by atoms with Gasteiger partial charge in [0.1, 0.15) is 0 Å². The van der Waals surface area contributed by atoms with Crippen LogP contribution in [-0.2, 0) is 0 Å². The monoisotopic (exact) mass is 198 g/mol. The molecule has 0 nitrogen and oxygen atoms in total. The standard InChI is InChI=1S/C11H12.C4H6/c1-4-10-8-6-7-9(3)11(10)5-2;1-3-4-2/h4-8H,1-2H2,3H3;3-4H,1-2H2. The molecule has 1 aromatic rings. The maximum Gasteiger partial charge on any atom is -0.0161 e. The van der Waals surface area contributed by atoms with Crippen LogP contribution in [0, 0.1) is 6.92 Å². The lowest BCUT2D eigenvalue weighted by atomic mass is 10.0. The van der Waals surface area contributed by atoms with Crippen LogP contribution in [0.5, 0.6) is 0 Å². The first-order valence-corrected chi connectivity index (χ1v) is 4.79. The van der Waals surface area contributed by atoms with Crippen LogP contribution in [0.3, 0.4) is 0 Å². The molecule has 1 aromatic carbocycles. The van der Waals surface area contributed by atoms with E-state index in [2.05, 4.69) is 39.3 Å². The Morgan fingerprint density at radius 3 is 1.87 bits per heavy atom. The van der Waals surface area contributed by atoms with Crippen LogP contribution in [0.2, 0.25) is 0 Å². The molecule has 0 heterocycles. The second-order valence-electron chi connectivity index (χ2n) is 2.96. The molecule has 0 amide bonds. The summed E-state index contributed by atoms with van der Waals surface area (Å²) in [5.74, 6) is 0. The predicted molar refractivity (Wildman–Crippen MR) is 71.8 cm³/mol. The summed E-state index contributed by atoms with van der Waals surface area (Å²) in [6.45, 7) is 16.3. The normalized spacial score (nSPS) is 8.07. The summed E-state index contributed by atoms with van der Waals surface area (Å²) in [4.78, 5) is 0. The summed E-state index contributed by atoms with van der Waals surface area (Å²) in [5.41, 5.74) is 3.58. The summed E-state index contributed by atoms with van der Waals surface area (Å²) in [6, 6.07) is 6.14. The molecule has 0 saturated carbocycles. The average Bonchev–Trinajstić information content (AvgIpc) is 2.29. The Hall–Kier alpha value is -1.82. The molecule has 0 aliphatic rings. The lowest BCUT2D eigenvalue weighted by Crippen LogP contribution is -1.83. The third-order valence-electron chi connectivity index (χ3n) is 1.95.